The predicted molar refractivity (Wildman–Crippen MR) is 63.9 cm³/mol. The average molecular weight is 286 g/mol. The summed E-state index contributed by atoms with van der Waals surface area (Å²) in [4.78, 5) is 11.4. The summed E-state index contributed by atoms with van der Waals surface area (Å²) >= 11 is 5.00. The SMILES string of the molecule is NC(=O)OCc1cc2cc(Br)ccc2s1. The monoisotopic (exact) mass is 285 g/mol. The number of nitrogens with two attached hydrogens (primary N) is 1. The van der Waals surface area contributed by atoms with Gasteiger partial charge >= 0.3 is 6.09 Å². The second kappa shape index (κ2) is 4.20. The van der Waals surface area contributed by atoms with Crippen LogP contribution < -0.4 is 5.73 Å². The molecule has 1 aromatic heterocycles. The number of fused-ring (bicyclic) bond motifs is 1. The highest BCUT2D eigenvalue weighted by Crippen LogP contribution is 2.28. The first-order chi connectivity index (χ1) is 7.15. The minimum Gasteiger partial charge on any atom is -0.444 e. The van der Waals surface area contributed by atoms with Gasteiger partial charge in [-0.25, -0.2) is 4.79 Å². The molecule has 78 valence electrons. The van der Waals surface area contributed by atoms with Crippen molar-refractivity contribution in [2.45, 2.75) is 6.61 Å². The molecule has 0 saturated heterocycles. The molecule has 1 heterocycles. The van der Waals surface area contributed by atoms with Crippen LogP contribution in [-0.2, 0) is 11.3 Å². The van der Waals surface area contributed by atoms with Crippen LogP contribution in [0.15, 0.2) is 28.7 Å². The number of benzene rings is 1. The number of hydrogen-bond donors (Lipinski definition) is 1. The van der Waals surface area contributed by atoms with Gasteiger partial charge < -0.3 is 10.5 Å². The van der Waals surface area contributed by atoms with Crippen molar-refractivity contribution in [3.8, 4) is 0 Å². The second-order valence-electron chi connectivity index (χ2n) is 3.00. The van der Waals surface area contributed by atoms with Crippen molar-refractivity contribution in [2.75, 3.05) is 0 Å². The van der Waals surface area contributed by atoms with Crippen LogP contribution >= 0.6 is 27.3 Å². The Kier molecular flexibility index (Phi) is 2.93. The van der Waals surface area contributed by atoms with Gasteiger partial charge in [-0.2, -0.15) is 0 Å². The number of rotatable bonds is 2. The normalized spacial score (nSPS) is 10.5. The highest BCUT2D eigenvalue weighted by Gasteiger charge is 2.03. The number of primary amides is 1. The maximum atomic E-state index is 10.4. The maximum Gasteiger partial charge on any atom is 0.404 e. The highest BCUT2D eigenvalue weighted by molar-refractivity contribution is 9.10. The van der Waals surface area contributed by atoms with E-state index in [-0.39, 0.29) is 6.61 Å². The summed E-state index contributed by atoms with van der Waals surface area (Å²) in [6.45, 7) is 0.242. The highest BCUT2D eigenvalue weighted by atomic mass is 79.9. The summed E-state index contributed by atoms with van der Waals surface area (Å²) < 4.78 is 6.93. The molecule has 1 amide bonds. The fourth-order valence-corrected chi connectivity index (χ4v) is 2.62. The molecule has 2 rings (SSSR count). The van der Waals surface area contributed by atoms with Crippen molar-refractivity contribution >= 4 is 43.4 Å². The number of hydrogen-bond acceptors (Lipinski definition) is 3. The molecule has 0 atom stereocenters. The smallest absolute Gasteiger partial charge is 0.404 e. The molecule has 0 aliphatic rings. The molecular weight excluding hydrogens is 278 g/mol. The van der Waals surface area contributed by atoms with Crippen LogP contribution in [0.1, 0.15) is 4.88 Å². The van der Waals surface area contributed by atoms with Gasteiger partial charge in [-0.05, 0) is 29.7 Å². The fraction of sp³-hybridized carbons (Fsp3) is 0.100. The van der Waals surface area contributed by atoms with Gasteiger partial charge in [0.25, 0.3) is 0 Å². The summed E-state index contributed by atoms with van der Waals surface area (Å²) in [7, 11) is 0. The van der Waals surface area contributed by atoms with Gasteiger partial charge in [0, 0.05) is 14.0 Å². The number of halogens is 1. The van der Waals surface area contributed by atoms with E-state index in [4.69, 9.17) is 10.5 Å². The zero-order chi connectivity index (χ0) is 10.8. The Morgan fingerprint density at radius 2 is 2.27 bits per heavy atom. The van der Waals surface area contributed by atoms with Gasteiger partial charge in [0.1, 0.15) is 6.61 Å². The standard InChI is InChI=1S/C10H8BrNO2S/c11-7-1-2-9-6(3-7)4-8(15-9)5-14-10(12)13/h1-4H,5H2,(H2,12,13). The molecule has 15 heavy (non-hydrogen) atoms. The lowest BCUT2D eigenvalue weighted by Crippen LogP contribution is -2.11. The minimum absolute atomic E-state index is 0.242. The molecule has 0 fully saturated rings. The molecule has 0 saturated carbocycles. The third-order valence-electron chi connectivity index (χ3n) is 1.89. The van der Waals surface area contributed by atoms with Crippen molar-refractivity contribution in [1.82, 2.24) is 0 Å². The Morgan fingerprint density at radius 3 is 3.00 bits per heavy atom. The van der Waals surface area contributed by atoms with Crippen molar-refractivity contribution in [3.05, 3.63) is 33.6 Å². The Morgan fingerprint density at radius 1 is 1.47 bits per heavy atom. The van der Waals surface area contributed by atoms with E-state index in [1.807, 2.05) is 24.3 Å². The number of carbonyl (C=O) groups excluding carboxylic acids is 1. The molecule has 0 bridgehead atoms. The van der Waals surface area contributed by atoms with Crippen LogP contribution in [0.4, 0.5) is 4.79 Å². The molecule has 3 nitrogen and oxygen atoms in total. The van der Waals surface area contributed by atoms with Crippen molar-refractivity contribution in [2.24, 2.45) is 5.73 Å². The summed E-state index contributed by atoms with van der Waals surface area (Å²) in [5.74, 6) is 0. The lowest BCUT2D eigenvalue weighted by molar-refractivity contribution is 0.151. The Bertz CT molecular complexity index is 509. The van der Waals surface area contributed by atoms with E-state index in [1.165, 1.54) is 4.70 Å². The Balaban J connectivity index is 2.27. The first kappa shape index (κ1) is 10.4. The average Bonchev–Trinajstić information content (AvgIpc) is 2.56. The van der Waals surface area contributed by atoms with Gasteiger partial charge in [-0.3, -0.25) is 0 Å². The number of thiophene rings is 1. The van der Waals surface area contributed by atoms with Crippen LogP contribution in [0.2, 0.25) is 0 Å². The molecule has 0 aliphatic heterocycles. The van der Waals surface area contributed by atoms with E-state index in [0.29, 0.717) is 0 Å². The van der Waals surface area contributed by atoms with Gasteiger partial charge in [-0.1, -0.05) is 15.9 Å². The molecule has 0 unspecified atom stereocenters. The van der Waals surface area contributed by atoms with E-state index in [2.05, 4.69) is 15.9 Å². The van der Waals surface area contributed by atoms with Crippen molar-refractivity contribution < 1.29 is 9.53 Å². The van der Waals surface area contributed by atoms with Crippen LogP contribution in [-0.4, -0.2) is 6.09 Å². The quantitative estimate of drug-likeness (QED) is 0.921. The second-order valence-corrected chi connectivity index (χ2v) is 5.09. The Hall–Kier alpha value is -1.07. The Labute approximate surface area is 99.0 Å². The number of carbonyl (C=O) groups is 1. The summed E-state index contributed by atoms with van der Waals surface area (Å²) in [6, 6.07) is 8.03. The molecule has 2 aromatic rings. The van der Waals surface area contributed by atoms with Crippen LogP contribution in [0.5, 0.6) is 0 Å². The third-order valence-corrected chi connectivity index (χ3v) is 3.47. The van der Waals surface area contributed by atoms with Crippen molar-refractivity contribution in [3.63, 3.8) is 0 Å². The molecule has 0 radical (unpaired) electrons. The van der Waals surface area contributed by atoms with E-state index >= 15 is 0 Å². The summed E-state index contributed by atoms with van der Waals surface area (Å²) in [5, 5.41) is 1.14. The first-order valence-corrected chi connectivity index (χ1v) is 5.86. The topological polar surface area (TPSA) is 52.3 Å². The van der Waals surface area contributed by atoms with E-state index in [0.717, 1.165) is 14.7 Å². The van der Waals surface area contributed by atoms with Crippen LogP contribution in [0.3, 0.4) is 0 Å². The largest absolute Gasteiger partial charge is 0.444 e. The maximum absolute atomic E-state index is 10.4. The number of amides is 1. The van der Waals surface area contributed by atoms with Gasteiger partial charge in [0.2, 0.25) is 0 Å². The molecule has 0 spiro atoms. The van der Waals surface area contributed by atoms with Gasteiger partial charge in [-0.15, -0.1) is 11.3 Å². The molecule has 2 N–H and O–H groups in total. The molecule has 0 aliphatic carbocycles. The zero-order valence-corrected chi connectivity index (χ0v) is 10.1. The van der Waals surface area contributed by atoms with Crippen molar-refractivity contribution in [1.29, 1.82) is 0 Å². The van der Waals surface area contributed by atoms with E-state index in [1.54, 1.807) is 11.3 Å². The number of ether oxygens (including phenoxy) is 1. The predicted octanol–water partition coefficient (Wildman–Crippen LogP) is 3.26. The summed E-state index contributed by atoms with van der Waals surface area (Å²) in [6.07, 6.45) is -0.742. The lowest BCUT2D eigenvalue weighted by Gasteiger charge is -1.95. The van der Waals surface area contributed by atoms with Gasteiger partial charge in [0.05, 0.1) is 0 Å². The van der Waals surface area contributed by atoms with Crippen LogP contribution in [0, 0.1) is 0 Å². The van der Waals surface area contributed by atoms with E-state index in [9.17, 15) is 4.79 Å². The lowest BCUT2D eigenvalue weighted by atomic mass is 10.2. The van der Waals surface area contributed by atoms with E-state index < -0.39 is 6.09 Å². The molecule has 1 aromatic carbocycles. The third kappa shape index (κ3) is 2.49. The zero-order valence-electron chi connectivity index (χ0n) is 7.70. The van der Waals surface area contributed by atoms with Gasteiger partial charge in [0.15, 0.2) is 0 Å². The molecular formula is C10H8BrNO2S. The fourth-order valence-electron chi connectivity index (χ4n) is 1.28. The van der Waals surface area contributed by atoms with Crippen LogP contribution in [0.25, 0.3) is 10.1 Å². The first-order valence-electron chi connectivity index (χ1n) is 4.25. The summed E-state index contributed by atoms with van der Waals surface area (Å²) in [5.41, 5.74) is 4.89. The minimum atomic E-state index is -0.742. The molecule has 5 heteroatoms.